The lowest BCUT2D eigenvalue weighted by molar-refractivity contribution is -0.895. The second-order valence-corrected chi connectivity index (χ2v) is 6.12. The molecular weight excluding hydrogens is 282 g/mol. The van der Waals surface area contributed by atoms with E-state index in [1.807, 2.05) is 13.8 Å². The molecule has 0 aliphatic rings. The molecule has 8 heteroatoms. The van der Waals surface area contributed by atoms with Crippen molar-refractivity contribution in [2.45, 2.75) is 18.7 Å². The number of benzene rings is 1. The van der Waals surface area contributed by atoms with Crippen LogP contribution in [-0.2, 0) is 10.0 Å². The zero-order chi connectivity index (χ0) is 15.2. The summed E-state index contributed by atoms with van der Waals surface area (Å²) in [6, 6.07) is 4.85. The molecular formula is C12H20N3O4S+. The quantitative estimate of drug-likeness (QED) is 0.513. The standard InChI is InChI=1S/C12H19N3O4S/c1-3-14(4-2)10-9-13-20(18,19)12-7-5-11(6-8-12)15(16)17/h5-8,13H,3-4,9-10H2,1-2H3/p+1. The normalized spacial score (nSPS) is 11.8. The second kappa shape index (κ2) is 7.32. The predicted molar refractivity (Wildman–Crippen MR) is 75.2 cm³/mol. The van der Waals surface area contributed by atoms with Crippen LogP contribution in [0.15, 0.2) is 29.2 Å². The highest BCUT2D eigenvalue weighted by molar-refractivity contribution is 7.89. The third-order valence-electron chi connectivity index (χ3n) is 3.13. The Morgan fingerprint density at radius 1 is 1.20 bits per heavy atom. The van der Waals surface area contributed by atoms with Crippen LogP contribution in [0.5, 0.6) is 0 Å². The fraction of sp³-hybridized carbons (Fsp3) is 0.500. The number of nitrogens with one attached hydrogen (secondary N) is 2. The van der Waals surface area contributed by atoms with E-state index in [2.05, 4.69) is 4.72 Å². The molecule has 2 N–H and O–H groups in total. The minimum atomic E-state index is -3.60. The molecule has 0 spiro atoms. The molecule has 1 aromatic carbocycles. The van der Waals surface area contributed by atoms with Crippen LogP contribution in [0.4, 0.5) is 5.69 Å². The highest BCUT2D eigenvalue weighted by Crippen LogP contribution is 2.15. The van der Waals surface area contributed by atoms with E-state index in [1.54, 1.807) is 0 Å². The number of rotatable bonds is 8. The maximum atomic E-state index is 12.0. The largest absolute Gasteiger partial charge is 0.334 e. The number of hydrogen-bond acceptors (Lipinski definition) is 4. The molecule has 1 aromatic rings. The Labute approximate surface area is 118 Å². The number of non-ortho nitro benzene ring substituents is 1. The first kappa shape index (κ1) is 16.5. The van der Waals surface area contributed by atoms with Gasteiger partial charge in [0.2, 0.25) is 10.0 Å². The Morgan fingerprint density at radius 3 is 2.20 bits per heavy atom. The molecule has 1 rings (SSSR count). The molecule has 0 heterocycles. The van der Waals surface area contributed by atoms with Gasteiger partial charge in [-0.3, -0.25) is 10.1 Å². The van der Waals surface area contributed by atoms with Gasteiger partial charge in [-0.2, -0.15) is 0 Å². The molecule has 0 bridgehead atoms. The number of nitro benzene ring substituents is 1. The Balaban J connectivity index is 2.66. The van der Waals surface area contributed by atoms with E-state index in [-0.39, 0.29) is 10.6 Å². The van der Waals surface area contributed by atoms with Crippen molar-refractivity contribution in [3.63, 3.8) is 0 Å². The van der Waals surface area contributed by atoms with Gasteiger partial charge in [0.15, 0.2) is 0 Å². The molecule has 0 unspecified atom stereocenters. The summed E-state index contributed by atoms with van der Waals surface area (Å²) in [5.41, 5.74) is -0.128. The number of sulfonamides is 1. The zero-order valence-corrected chi connectivity index (χ0v) is 12.4. The van der Waals surface area contributed by atoms with Crippen molar-refractivity contribution >= 4 is 15.7 Å². The minimum absolute atomic E-state index is 0.0395. The van der Waals surface area contributed by atoms with Crippen molar-refractivity contribution in [2.75, 3.05) is 26.2 Å². The van der Waals surface area contributed by atoms with Crippen LogP contribution >= 0.6 is 0 Å². The third-order valence-corrected chi connectivity index (χ3v) is 4.61. The van der Waals surface area contributed by atoms with E-state index in [4.69, 9.17) is 0 Å². The van der Waals surface area contributed by atoms with Gasteiger partial charge in [0.25, 0.3) is 5.69 Å². The number of quaternary nitrogens is 1. The summed E-state index contributed by atoms with van der Waals surface area (Å²) in [6.07, 6.45) is 0. The lowest BCUT2D eigenvalue weighted by Crippen LogP contribution is -3.12. The van der Waals surface area contributed by atoms with Crippen LogP contribution in [-0.4, -0.2) is 39.5 Å². The van der Waals surface area contributed by atoms with Crippen molar-refractivity contribution in [1.29, 1.82) is 0 Å². The molecule has 0 amide bonds. The first-order valence-corrected chi connectivity index (χ1v) is 7.96. The predicted octanol–water partition coefficient (Wildman–Crippen LogP) is -0.202. The van der Waals surface area contributed by atoms with Crippen LogP contribution in [0, 0.1) is 10.1 Å². The summed E-state index contributed by atoms with van der Waals surface area (Å²) in [5.74, 6) is 0. The molecule has 0 aromatic heterocycles. The van der Waals surface area contributed by atoms with Gasteiger partial charge >= 0.3 is 0 Å². The first-order chi connectivity index (χ1) is 9.40. The first-order valence-electron chi connectivity index (χ1n) is 6.48. The molecule has 20 heavy (non-hydrogen) atoms. The topological polar surface area (TPSA) is 93.8 Å². The van der Waals surface area contributed by atoms with Gasteiger partial charge in [0, 0.05) is 12.1 Å². The van der Waals surface area contributed by atoms with E-state index >= 15 is 0 Å². The summed E-state index contributed by atoms with van der Waals surface area (Å²) >= 11 is 0. The molecule has 0 saturated carbocycles. The molecule has 0 radical (unpaired) electrons. The summed E-state index contributed by atoms with van der Waals surface area (Å²) in [6.45, 7) is 7.02. The van der Waals surface area contributed by atoms with Crippen LogP contribution in [0.2, 0.25) is 0 Å². The lowest BCUT2D eigenvalue weighted by atomic mass is 10.3. The fourth-order valence-corrected chi connectivity index (χ4v) is 2.83. The maximum absolute atomic E-state index is 12.0. The molecule has 7 nitrogen and oxygen atoms in total. The zero-order valence-electron chi connectivity index (χ0n) is 11.6. The SMILES string of the molecule is CC[NH+](CC)CCNS(=O)(=O)c1ccc([N+](=O)[O-])cc1. The molecule has 112 valence electrons. The van der Waals surface area contributed by atoms with Crippen molar-refractivity contribution in [2.24, 2.45) is 0 Å². The van der Waals surface area contributed by atoms with Gasteiger partial charge in [-0.25, -0.2) is 13.1 Å². The van der Waals surface area contributed by atoms with Gasteiger partial charge < -0.3 is 4.90 Å². The van der Waals surface area contributed by atoms with E-state index in [1.165, 1.54) is 29.2 Å². The fourth-order valence-electron chi connectivity index (χ4n) is 1.80. The van der Waals surface area contributed by atoms with Crippen LogP contribution in [0.1, 0.15) is 13.8 Å². The Hall–Kier alpha value is -1.51. The summed E-state index contributed by atoms with van der Waals surface area (Å²) in [4.78, 5) is 11.3. The van der Waals surface area contributed by atoms with Gasteiger partial charge in [-0.15, -0.1) is 0 Å². The molecule has 0 saturated heterocycles. The summed E-state index contributed by atoms with van der Waals surface area (Å²) in [5, 5.41) is 10.5. The molecule has 0 atom stereocenters. The number of nitro groups is 1. The van der Waals surface area contributed by atoms with Gasteiger partial charge in [0.05, 0.1) is 36.0 Å². The van der Waals surface area contributed by atoms with E-state index in [0.717, 1.165) is 13.1 Å². The second-order valence-electron chi connectivity index (χ2n) is 4.36. The Morgan fingerprint density at radius 2 is 1.75 bits per heavy atom. The Bertz CT molecular complexity index is 538. The van der Waals surface area contributed by atoms with Crippen LogP contribution < -0.4 is 9.62 Å². The lowest BCUT2D eigenvalue weighted by Gasteiger charge is -2.15. The Kier molecular flexibility index (Phi) is 6.05. The minimum Gasteiger partial charge on any atom is -0.334 e. The number of nitrogens with zero attached hydrogens (tertiary/aromatic N) is 1. The van der Waals surface area contributed by atoms with Crippen molar-refractivity contribution in [3.05, 3.63) is 34.4 Å². The van der Waals surface area contributed by atoms with Gasteiger partial charge in [-0.1, -0.05) is 0 Å². The third kappa shape index (κ3) is 4.55. The van der Waals surface area contributed by atoms with Crippen molar-refractivity contribution in [1.82, 2.24) is 4.72 Å². The van der Waals surface area contributed by atoms with E-state index in [9.17, 15) is 18.5 Å². The average molecular weight is 302 g/mol. The van der Waals surface area contributed by atoms with Crippen LogP contribution in [0.25, 0.3) is 0 Å². The van der Waals surface area contributed by atoms with E-state index in [0.29, 0.717) is 13.1 Å². The van der Waals surface area contributed by atoms with E-state index < -0.39 is 14.9 Å². The molecule has 0 aliphatic heterocycles. The summed E-state index contributed by atoms with van der Waals surface area (Å²) < 4.78 is 26.5. The van der Waals surface area contributed by atoms with Gasteiger partial charge in [-0.05, 0) is 26.0 Å². The average Bonchev–Trinajstić information content (AvgIpc) is 2.43. The monoisotopic (exact) mass is 302 g/mol. The molecule has 0 aliphatic carbocycles. The number of hydrogen-bond donors (Lipinski definition) is 2. The highest BCUT2D eigenvalue weighted by atomic mass is 32.2. The number of likely N-dealkylation sites (N-methyl/N-ethyl adjacent to an activating group) is 1. The maximum Gasteiger partial charge on any atom is 0.269 e. The smallest absolute Gasteiger partial charge is 0.269 e. The van der Waals surface area contributed by atoms with Crippen molar-refractivity contribution < 1.29 is 18.2 Å². The van der Waals surface area contributed by atoms with Crippen LogP contribution in [0.3, 0.4) is 0 Å². The van der Waals surface area contributed by atoms with Gasteiger partial charge in [0.1, 0.15) is 0 Å². The summed E-state index contributed by atoms with van der Waals surface area (Å²) in [7, 11) is -3.60. The van der Waals surface area contributed by atoms with Crippen molar-refractivity contribution in [3.8, 4) is 0 Å². The highest BCUT2D eigenvalue weighted by Gasteiger charge is 2.16. The molecule has 0 fully saturated rings.